The highest BCUT2D eigenvalue weighted by molar-refractivity contribution is 6.19. The summed E-state index contributed by atoms with van der Waals surface area (Å²) >= 11 is 0. The number of ether oxygens (including phenoxy) is 1. The first kappa shape index (κ1) is 21.7. The third-order valence-corrected chi connectivity index (χ3v) is 6.87. The summed E-state index contributed by atoms with van der Waals surface area (Å²) < 4.78 is 11.7. The van der Waals surface area contributed by atoms with Gasteiger partial charge in [0.1, 0.15) is 5.82 Å². The maximum absolute atomic E-state index is 13.1. The zero-order valence-electron chi connectivity index (χ0n) is 19.7. The number of morpholine rings is 1. The van der Waals surface area contributed by atoms with E-state index < -0.39 is 6.17 Å². The molecule has 2 N–H and O–H groups in total. The average Bonchev–Trinajstić information content (AvgIpc) is 3.68. The van der Waals surface area contributed by atoms with Crippen LogP contribution in [0, 0.1) is 0 Å². The predicted octanol–water partition coefficient (Wildman–Crippen LogP) is 3.34. The molecular weight excluding hydrogens is 470 g/mol. The van der Waals surface area contributed by atoms with Crippen LogP contribution in [-0.4, -0.2) is 58.3 Å². The van der Waals surface area contributed by atoms with Crippen LogP contribution in [0.2, 0.25) is 0 Å². The average molecular weight is 494 g/mol. The van der Waals surface area contributed by atoms with Crippen molar-refractivity contribution in [1.29, 1.82) is 0 Å². The molecule has 2 aromatic heterocycles. The standard InChI is InChI=1S/C27H23N7O3/c35-25-23(30-22(16-7-2-1-3-8-16)19-9-4-5-11-21(19)29-25)31-27-33-32-26(37-27)20-10-6-12-28-24(20)34-14-18-13-17(34)15-36-18/h1-12,17-18,23H,13-15H2,(H,29,35)(H,31,33)/t17?,18-,23?/m0/s1. The van der Waals surface area contributed by atoms with Gasteiger partial charge < -0.3 is 24.7 Å². The summed E-state index contributed by atoms with van der Waals surface area (Å²) in [6.07, 6.45) is 2.01. The SMILES string of the molecule is O=C1Nc2ccccc2C(c2ccccc2)=NC1Nc1nnc(-c2cccnc2N2C[C@@H]3CC2CO3)o1. The van der Waals surface area contributed by atoms with Gasteiger partial charge in [-0.15, -0.1) is 5.10 Å². The van der Waals surface area contributed by atoms with Gasteiger partial charge in [0.2, 0.25) is 6.17 Å². The normalized spacial score (nSPS) is 22.3. The summed E-state index contributed by atoms with van der Waals surface area (Å²) in [5, 5.41) is 14.4. The number of carbonyl (C=O) groups is 1. The van der Waals surface area contributed by atoms with Gasteiger partial charge >= 0.3 is 6.01 Å². The molecule has 4 aromatic rings. The first-order chi connectivity index (χ1) is 18.2. The first-order valence-corrected chi connectivity index (χ1v) is 12.2. The molecule has 0 radical (unpaired) electrons. The Bertz CT molecular complexity index is 1500. The highest BCUT2D eigenvalue weighted by Gasteiger charge is 2.40. The monoisotopic (exact) mass is 493 g/mol. The van der Waals surface area contributed by atoms with Crippen molar-refractivity contribution in [2.45, 2.75) is 24.7 Å². The number of nitrogens with one attached hydrogen (secondary N) is 2. The van der Waals surface area contributed by atoms with Crippen molar-refractivity contribution in [3.63, 3.8) is 0 Å². The second-order valence-corrected chi connectivity index (χ2v) is 9.21. The van der Waals surface area contributed by atoms with Crippen molar-refractivity contribution in [1.82, 2.24) is 15.2 Å². The van der Waals surface area contributed by atoms with E-state index in [0.29, 0.717) is 29.9 Å². The van der Waals surface area contributed by atoms with Gasteiger partial charge in [-0.3, -0.25) is 4.79 Å². The third-order valence-electron chi connectivity index (χ3n) is 6.87. The van der Waals surface area contributed by atoms with Crippen molar-refractivity contribution in [2.24, 2.45) is 4.99 Å². The molecule has 1 amide bonds. The zero-order chi connectivity index (χ0) is 24.8. The molecule has 7 rings (SSSR count). The molecule has 10 nitrogen and oxygen atoms in total. The number of pyridine rings is 1. The zero-order valence-corrected chi connectivity index (χ0v) is 19.7. The van der Waals surface area contributed by atoms with Crippen LogP contribution in [0.1, 0.15) is 17.5 Å². The van der Waals surface area contributed by atoms with Crippen molar-refractivity contribution >= 4 is 29.1 Å². The van der Waals surface area contributed by atoms with Crippen LogP contribution in [-0.2, 0) is 9.53 Å². The van der Waals surface area contributed by atoms with E-state index in [-0.39, 0.29) is 18.0 Å². The third kappa shape index (κ3) is 3.91. The number of fused-ring (bicyclic) bond motifs is 3. The van der Waals surface area contributed by atoms with E-state index in [9.17, 15) is 4.79 Å². The fourth-order valence-corrected chi connectivity index (χ4v) is 5.14. The summed E-state index contributed by atoms with van der Waals surface area (Å²) in [7, 11) is 0. The molecule has 0 aliphatic carbocycles. The number of carbonyl (C=O) groups excluding carboxylic acids is 1. The van der Waals surface area contributed by atoms with E-state index in [1.807, 2.05) is 66.7 Å². The Morgan fingerprint density at radius 1 is 0.973 bits per heavy atom. The number of nitrogens with zero attached hydrogens (tertiary/aromatic N) is 5. The Morgan fingerprint density at radius 2 is 1.81 bits per heavy atom. The highest BCUT2D eigenvalue weighted by atomic mass is 16.5. The van der Waals surface area contributed by atoms with E-state index in [0.717, 1.165) is 35.5 Å². The van der Waals surface area contributed by atoms with Crippen LogP contribution in [0.3, 0.4) is 0 Å². The van der Waals surface area contributed by atoms with E-state index >= 15 is 0 Å². The lowest BCUT2D eigenvalue weighted by atomic mass is 10.0. The Labute approximate surface area is 212 Å². The number of aliphatic imine (C=N–C) groups is 1. The van der Waals surface area contributed by atoms with Crippen LogP contribution in [0.5, 0.6) is 0 Å². The van der Waals surface area contributed by atoms with Crippen LogP contribution in [0.25, 0.3) is 11.5 Å². The number of para-hydroxylation sites is 1. The van der Waals surface area contributed by atoms with Gasteiger partial charge in [0.25, 0.3) is 11.8 Å². The van der Waals surface area contributed by atoms with Crippen LogP contribution >= 0.6 is 0 Å². The minimum Gasteiger partial charge on any atom is -0.403 e. The molecule has 2 saturated heterocycles. The minimum absolute atomic E-state index is 0.0957. The summed E-state index contributed by atoms with van der Waals surface area (Å²) in [5.74, 6) is 0.785. The quantitative estimate of drug-likeness (QED) is 0.435. The molecule has 2 fully saturated rings. The van der Waals surface area contributed by atoms with Crippen LogP contribution < -0.4 is 15.5 Å². The summed E-state index contributed by atoms with van der Waals surface area (Å²) in [6.45, 7) is 1.48. The summed E-state index contributed by atoms with van der Waals surface area (Å²) in [4.78, 5) is 24.8. The molecule has 2 unspecified atom stereocenters. The lowest BCUT2D eigenvalue weighted by Crippen LogP contribution is -2.37. The van der Waals surface area contributed by atoms with Gasteiger partial charge in [0.15, 0.2) is 0 Å². The topological polar surface area (TPSA) is 118 Å². The number of benzene rings is 2. The van der Waals surface area contributed by atoms with E-state index in [4.69, 9.17) is 14.1 Å². The maximum Gasteiger partial charge on any atom is 0.317 e. The predicted molar refractivity (Wildman–Crippen MR) is 138 cm³/mol. The van der Waals surface area contributed by atoms with Gasteiger partial charge in [0, 0.05) is 23.9 Å². The first-order valence-electron chi connectivity index (χ1n) is 12.2. The molecule has 3 atom stereocenters. The van der Waals surface area contributed by atoms with E-state index in [1.165, 1.54) is 0 Å². The van der Waals surface area contributed by atoms with Gasteiger partial charge in [-0.25, -0.2) is 9.98 Å². The number of hydrogen-bond acceptors (Lipinski definition) is 9. The van der Waals surface area contributed by atoms with Crippen molar-refractivity contribution in [3.8, 4) is 11.5 Å². The molecule has 10 heteroatoms. The fourth-order valence-electron chi connectivity index (χ4n) is 5.14. The molecule has 0 spiro atoms. The Hall–Kier alpha value is -4.57. The maximum atomic E-state index is 13.1. The molecule has 5 heterocycles. The highest BCUT2D eigenvalue weighted by Crippen LogP contribution is 2.37. The Balaban J connectivity index is 1.20. The number of amides is 1. The van der Waals surface area contributed by atoms with Crippen molar-refractivity contribution < 1.29 is 13.9 Å². The number of rotatable bonds is 5. The molecular formula is C27H23N7O3. The van der Waals surface area contributed by atoms with Gasteiger partial charge in [-0.2, -0.15) is 0 Å². The lowest BCUT2D eigenvalue weighted by molar-refractivity contribution is -0.116. The number of anilines is 3. The summed E-state index contributed by atoms with van der Waals surface area (Å²) in [6, 6.07) is 21.5. The molecule has 3 aliphatic rings. The van der Waals surface area contributed by atoms with Crippen molar-refractivity contribution in [3.05, 3.63) is 84.1 Å². The Morgan fingerprint density at radius 3 is 2.65 bits per heavy atom. The van der Waals surface area contributed by atoms with Gasteiger partial charge in [-0.1, -0.05) is 53.6 Å². The largest absolute Gasteiger partial charge is 0.403 e. The second kappa shape index (κ2) is 8.82. The molecule has 184 valence electrons. The number of benzodiazepines with no additional fused rings is 1. The molecule has 3 aliphatic heterocycles. The van der Waals surface area contributed by atoms with Gasteiger partial charge in [-0.05, 0) is 24.6 Å². The van der Waals surface area contributed by atoms with E-state index in [1.54, 1.807) is 6.20 Å². The van der Waals surface area contributed by atoms with Crippen LogP contribution in [0.4, 0.5) is 17.5 Å². The smallest absolute Gasteiger partial charge is 0.317 e. The van der Waals surface area contributed by atoms with Crippen molar-refractivity contribution in [2.75, 3.05) is 28.7 Å². The number of aromatic nitrogens is 3. The van der Waals surface area contributed by atoms with Crippen LogP contribution in [0.15, 0.2) is 82.3 Å². The molecule has 2 aromatic carbocycles. The molecule has 2 bridgehead atoms. The fraction of sp³-hybridized carbons (Fsp3) is 0.222. The lowest BCUT2D eigenvalue weighted by Gasteiger charge is -2.28. The Kier molecular flexibility index (Phi) is 5.17. The minimum atomic E-state index is -0.976. The van der Waals surface area contributed by atoms with E-state index in [2.05, 4.69) is 30.7 Å². The van der Waals surface area contributed by atoms with Gasteiger partial charge in [0.05, 0.1) is 35.7 Å². The molecule has 37 heavy (non-hydrogen) atoms. The molecule has 0 saturated carbocycles. The second-order valence-electron chi connectivity index (χ2n) is 9.21. The summed E-state index contributed by atoms with van der Waals surface area (Å²) in [5.41, 5.74) is 3.85. The number of hydrogen-bond donors (Lipinski definition) is 2.